The van der Waals surface area contributed by atoms with Crippen LogP contribution in [0.3, 0.4) is 0 Å². The minimum atomic E-state index is -0.463. The maximum atomic E-state index is 12.4. The number of methoxy groups -OCH3 is 1. The van der Waals surface area contributed by atoms with E-state index in [9.17, 15) is 14.4 Å². The Balaban J connectivity index is 1.79. The maximum Gasteiger partial charge on any atom is 0.339 e. The molecule has 0 saturated carbocycles. The first-order valence-electron chi connectivity index (χ1n) is 8.91. The highest BCUT2D eigenvalue weighted by molar-refractivity contribution is 6.03. The summed E-state index contributed by atoms with van der Waals surface area (Å²) in [4.78, 5) is 36.4. The Morgan fingerprint density at radius 3 is 2.61 bits per heavy atom. The molecule has 3 aromatic rings. The average Bonchev–Trinajstić information content (AvgIpc) is 2.67. The van der Waals surface area contributed by atoms with Crippen LogP contribution in [0.2, 0.25) is 0 Å². The summed E-state index contributed by atoms with van der Waals surface area (Å²) < 4.78 is 10.6. The molecule has 0 radical (unpaired) electrons. The van der Waals surface area contributed by atoms with E-state index in [-0.39, 0.29) is 24.5 Å². The summed E-state index contributed by atoms with van der Waals surface area (Å²) in [5, 5.41) is 3.55. The molecule has 6 heteroatoms. The number of anilines is 1. The molecule has 1 heterocycles. The lowest BCUT2D eigenvalue weighted by Gasteiger charge is -2.10. The number of carbonyl (C=O) groups is 2. The zero-order valence-electron chi connectivity index (χ0n) is 16.0. The van der Waals surface area contributed by atoms with Gasteiger partial charge in [-0.2, -0.15) is 0 Å². The van der Waals surface area contributed by atoms with Gasteiger partial charge in [0.25, 0.3) is 0 Å². The van der Waals surface area contributed by atoms with Crippen LogP contribution >= 0.6 is 0 Å². The summed E-state index contributed by atoms with van der Waals surface area (Å²) >= 11 is 0. The van der Waals surface area contributed by atoms with Gasteiger partial charge in [0.1, 0.15) is 11.3 Å². The first-order valence-corrected chi connectivity index (χ1v) is 8.91. The highest BCUT2D eigenvalue weighted by Crippen LogP contribution is 2.24. The number of hydrogen-bond acceptors (Lipinski definition) is 5. The number of ketones is 1. The first-order chi connectivity index (χ1) is 13.4. The second-order valence-electron chi connectivity index (χ2n) is 6.51. The number of Topliss-reactive ketones (excluding diaryl/α,β-unsaturated/α-hetero) is 1. The first kappa shape index (κ1) is 19.4. The molecule has 0 spiro atoms. The van der Waals surface area contributed by atoms with Crippen LogP contribution in [0.25, 0.3) is 11.0 Å². The zero-order chi connectivity index (χ0) is 20.3. The number of ether oxygens (including phenoxy) is 1. The Morgan fingerprint density at radius 2 is 1.89 bits per heavy atom. The van der Waals surface area contributed by atoms with Crippen molar-refractivity contribution in [2.24, 2.45) is 0 Å². The fraction of sp³-hybridized carbons (Fsp3) is 0.227. The fourth-order valence-corrected chi connectivity index (χ4v) is 3.14. The van der Waals surface area contributed by atoms with Gasteiger partial charge in [0.15, 0.2) is 5.78 Å². The smallest absolute Gasteiger partial charge is 0.339 e. The Kier molecular flexibility index (Phi) is 5.59. The predicted octanol–water partition coefficient (Wildman–Crippen LogP) is 3.88. The molecule has 1 aromatic heterocycles. The monoisotopic (exact) mass is 379 g/mol. The van der Waals surface area contributed by atoms with E-state index in [0.717, 1.165) is 10.9 Å². The van der Waals surface area contributed by atoms with Crippen molar-refractivity contribution in [1.29, 1.82) is 0 Å². The third kappa shape index (κ3) is 3.96. The van der Waals surface area contributed by atoms with Crippen LogP contribution in [-0.4, -0.2) is 18.8 Å². The molecule has 0 aliphatic rings. The van der Waals surface area contributed by atoms with E-state index in [1.165, 1.54) is 6.92 Å². The third-order valence-electron chi connectivity index (χ3n) is 4.68. The molecule has 0 fully saturated rings. The highest BCUT2D eigenvalue weighted by atomic mass is 16.5. The Hall–Kier alpha value is -3.41. The molecule has 0 atom stereocenters. The SMILES string of the molecule is COc1ccc2c(C)c(CCC(=O)Nc3ccccc3C(C)=O)c(=O)oc2c1. The van der Waals surface area contributed by atoms with Gasteiger partial charge in [0, 0.05) is 29.0 Å². The van der Waals surface area contributed by atoms with Crippen LogP contribution < -0.4 is 15.7 Å². The van der Waals surface area contributed by atoms with Crippen LogP contribution in [0.4, 0.5) is 5.69 Å². The molecule has 3 rings (SSSR count). The molecule has 1 amide bonds. The van der Waals surface area contributed by atoms with Crippen LogP contribution in [0.1, 0.15) is 34.8 Å². The molecule has 0 aliphatic heterocycles. The van der Waals surface area contributed by atoms with Crippen molar-refractivity contribution in [1.82, 2.24) is 0 Å². The van der Waals surface area contributed by atoms with E-state index in [1.54, 1.807) is 43.5 Å². The van der Waals surface area contributed by atoms with Crippen molar-refractivity contribution < 1.29 is 18.7 Å². The van der Waals surface area contributed by atoms with Crippen molar-refractivity contribution in [3.63, 3.8) is 0 Å². The van der Waals surface area contributed by atoms with Crippen molar-refractivity contribution in [2.45, 2.75) is 26.7 Å². The number of para-hydroxylation sites is 1. The van der Waals surface area contributed by atoms with Gasteiger partial charge in [-0.1, -0.05) is 12.1 Å². The second-order valence-corrected chi connectivity index (χ2v) is 6.51. The quantitative estimate of drug-likeness (QED) is 0.519. The van der Waals surface area contributed by atoms with E-state index in [2.05, 4.69) is 5.32 Å². The number of benzene rings is 2. The number of fused-ring (bicyclic) bond motifs is 1. The van der Waals surface area contributed by atoms with Crippen molar-refractivity contribution >= 4 is 28.3 Å². The molecule has 2 aromatic carbocycles. The standard InChI is InChI=1S/C22H21NO5/c1-13-16-9-8-15(27-3)12-20(16)28-22(26)17(13)10-11-21(25)23-19-7-5-4-6-18(19)14(2)24/h4-9,12H,10-11H2,1-3H3,(H,23,25). The highest BCUT2D eigenvalue weighted by Gasteiger charge is 2.15. The van der Waals surface area contributed by atoms with E-state index in [1.807, 2.05) is 13.0 Å². The van der Waals surface area contributed by atoms with Gasteiger partial charge in [-0.3, -0.25) is 9.59 Å². The fourth-order valence-electron chi connectivity index (χ4n) is 3.14. The van der Waals surface area contributed by atoms with Crippen molar-refractivity contribution in [3.8, 4) is 5.75 Å². The van der Waals surface area contributed by atoms with E-state index < -0.39 is 5.63 Å². The van der Waals surface area contributed by atoms with Crippen molar-refractivity contribution in [2.75, 3.05) is 12.4 Å². The summed E-state index contributed by atoms with van der Waals surface area (Å²) in [6, 6.07) is 12.1. The number of nitrogens with one attached hydrogen (secondary N) is 1. The molecule has 0 saturated heterocycles. The normalized spacial score (nSPS) is 10.7. The molecule has 0 bridgehead atoms. The molecular weight excluding hydrogens is 358 g/mol. The van der Waals surface area contributed by atoms with Gasteiger partial charge in [-0.05, 0) is 50.1 Å². The van der Waals surface area contributed by atoms with Gasteiger partial charge < -0.3 is 14.5 Å². The Morgan fingerprint density at radius 1 is 1.14 bits per heavy atom. The summed E-state index contributed by atoms with van der Waals surface area (Å²) in [6.07, 6.45) is 0.337. The van der Waals surface area contributed by atoms with E-state index in [4.69, 9.17) is 9.15 Å². The largest absolute Gasteiger partial charge is 0.497 e. The lowest BCUT2D eigenvalue weighted by Crippen LogP contribution is -2.17. The van der Waals surface area contributed by atoms with E-state index >= 15 is 0 Å². The van der Waals surface area contributed by atoms with Crippen molar-refractivity contribution in [3.05, 3.63) is 69.6 Å². The van der Waals surface area contributed by atoms with E-state index in [0.29, 0.717) is 28.1 Å². The summed E-state index contributed by atoms with van der Waals surface area (Å²) in [7, 11) is 1.55. The van der Waals surface area contributed by atoms with Crippen LogP contribution in [0.15, 0.2) is 51.7 Å². The third-order valence-corrected chi connectivity index (χ3v) is 4.68. The number of hydrogen-bond donors (Lipinski definition) is 1. The molecule has 0 aliphatic carbocycles. The Bertz CT molecular complexity index is 1110. The van der Waals surface area contributed by atoms with Gasteiger partial charge in [0.05, 0.1) is 12.8 Å². The molecule has 0 unspecified atom stereocenters. The molecular formula is C22H21NO5. The van der Waals surface area contributed by atoms with Crippen LogP contribution in [0.5, 0.6) is 5.75 Å². The lowest BCUT2D eigenvalue weighted by molar-refractivity contribution is -0.116. The second kappa shape index (κ2) is 8.08. The van der Waals surface area contributed by atoms with Crippen LogP contribution in [0, 0.1) is 6.92 Å². The van der Waals surface area contributed by atoms with Gasteiger partial charge in [-0.25, -0.2) is 4.79 Å². The number of aryl methyl sites for hydroxylation is 1. The number of amides is 1. The zero-order valence-corrected chi connectivity index (χ0v) is 16.0. The minimum absolute atomic E-state index is 0.0967. The number of carbonyl (C=O) groups excluding carboxylic acids is 2. The van der Waals surface area contributed by atoms with Gasteiger partial charge in [-0.15, -0.1) is 0 Å². The Labute approximate surface area is 162 Å². The topological polar surface area (TPSA) is 85.6 Å². The molecule has 28 heavy (non-hydrogen) atoms. The number of rotatable bonds is 6. The minimum Gasteiger partial charge on any atom is -0.497 e. The summed E-state index contributed by atoms with van der Waals surface area (Å²) in [5.41, 5.74) is 2.15. The molecule has 6 nitrogen and oxygen atoms in total. The summed E-state index contributed by atoms with van der Waals surface area (Å²) in [5.74, 6) is 0.200. The van der Waals surface area contributed by atoms with Gasteiger partial charge in [0.2, 0.25) is 5.91 Å². The van der Waals surface area contributed by atoms with Gasteiger partial charge >= 0.3 is 5.63 Å². The van der Waals surface area contributed by atoms with Crippen LogP contribution in [-0.2, 0) is 11.2 Å². The average molecular weight is 379 g/mol. The summed E-state index contributed by atoms with van der Waals surface area (Å²) in [6.45, 7) is 3.29. The molecule has 144 valence electrons. The molecule has 1 N–H and O–H groups in total. The predicted molar refractivity (Wildman–Crippen MR) is 107 cm³/mol. The lowest BCUT2D eigenvalue weighted by atomic mass is 10.0. The maximum absolute atomic E-state index is 12.4.